The molecule has 0 radical (unpaired) electrons. The Balaban J connectivity index is 1.43. The topological polar surface area (TPSA) is 116 Å². The number of hydrogen-bond donors (Lipinski definition) is 1. The second-order valence-corrected chi connectivity index (χ2v) is 8.12. The van der Waals surface area contributed by atoms with Crippen LogP contribution in [0.25, 0.3) is 0 Å². The standard InChI is InChI=1S/C23H25N5O5/c1-3-25-9-11-26(12-10-25)18-8-7-16(13-15(18)2)24-20(29)14-27-22(30)17-5-4-6-19(28(32)33)21(17)23(27)31/h4-8,13H,3,9-12,14H2,1-2H3,(H,24,29). The van der Waals surface area contributed by atoms with Crippen molar-refractivity contribution in [2.24, 2.45) is 0 Å². The third-order valence-corrected chi connectivity index (χ3v) is 6.12. The van der Waals surface area contributed by atoms with E-state index in [0.29, 0.717) is 5.69 Å². The van der Waals surface area contributed by atoms with E-state index in [1.165, 1.54) is 18.2 Å². The number of piperazine rings is 1. The third kappa shape index (κ3) is 4.29. The van der Waals surface area contributed by atoms with Crippen molar-refractivity contribution in [3.8, 4) is 0 Å². The molecule has 0 bridgehead atoms. The van der Waals surface area contributed by atoms with Gasteiger partial charge in [-0.2, -0.15) is 0 Å². The molecule has 0 spiro atoms. The molecule has 4 rings (SSSR count). The Bertz CT molecular complexity index is 1140. The van der Waals surface area contributed by atoms with Crippen molar-refractivity contribution in [3.05, 3.63) is 63.2 Å². The molecule has 172 valence electrons. The van der Waals surface area contributed by atoms with Gasteiger partial charge < -0.3 is 15.1 Å². The van der Waals surface area contributed by atoms with Crippen LogP contribution in [0, 0.1) is 17.0 Å². The van der Waals surface area contributed by atoms with Crippen LogP contribution in [0.3, 0.4) is 0 Å². The van der Waals surface area contributed by atoms with Crippen molar-refractivity contribution in [3.63, 3.8) is 0 Å². The lowest BCUT2D eigenvalue weighted by Gasteiger charge is -2.36. The van der Waals surface area contributed by atoms with Gasteiger partial charge in [-0.05, 0) is 43.3 Å². The highest BCUT2D eigenvalue weighted by molar-refractivity contribution is 6.24. The molecule has 0 atom stereocenters. The van der Waals surface area contributed by atoms with Gasteiger partial charge >= 0.3 is 0 Å². The second kappa shape index (κ2) is 8.99. The second-order valence-electron chi connectivity index (χ2n) is 8.12. The molecule has 2 aromatic carbocycles. The van der Waals surface area contributed by atoms with Gasteiger partial charge in [0.1, 0.15) is 12.1 Å². The molecule has 2 aliphatic rings. The van der Waals surface area contributed by atoms with E-state index in [1.54, 1.807) is 6.07 Å². The average molecular weight is 451 g/mol. The summed E-state index contributed by atoms with van der Waals surface area (Å²) in [6.45, 7) is 8.53. The van der Waals surface area contributed by atoms with Crippen LogP contribution in [0.4, 0.5) is 17.1 Å². The summed E-state index contributed by atoms with van der Waals surface area (Å²) >= 11 is 0. The van der Waals surface area contributed by atoms with E-state index in [2.05, 4.69) is 22.0 Å². The molecule has 10 nitrogen and oxygen atoms in total. The Morgan fingerprint density at radius 3 is 2.45 bits per heavy atom. The van der Waals surface area contributed by atoms with Crippen molar-refractivity contribution in [2.75, 3.05) is 49.5 Å². The van der Waals surface area contributed by atoms with Crippen LogP contribution in [0.1, 0.15) is 33.2 Å². The molecule has 0 aliphatic carbocycles. The van der Waals surface area contributed by atoms with Crippen LogP contribution in [0.2, 0.25) is 0 Å². The summed E-state index contributed by atoms with van der Waals surface area (Å²) in [6.07, 6.45) is 0. The van der Waals surface area contributed by atoms with Crippen molar-refractivity contribution in [1.29, 1.82) is 0 Å². The van der Waals surface area contributed by atoms with Crippen molar-refractivity contribution < 1.29 is 19.3 Å². The number of imide groups is 1. The maximum Gasteiger partial charge on any atom is 0.282 e. The summed E-state index contributed by atoms with van der Waals surface area (Å²) in [6, 6.07) is 9.46. The third-order valence-electron chi connectivity index (χ3n) is 6.12. The van der Waals surface area contributed by atoms with Crippen molar-refractivity contribution in [2.45, 2.75) is 13.8 Å². The number of carbonyl (C=O) groups excluding carboxylic acids is 3. The first kappa shape index (κ1) is 22.4. The monoisotopic (exact) mass is 451 g/mol. The number of anilines is 2. The van der Waals surface area contributed by atoms with Crippen LogP contribution in [-0.4, -0.2) is 71.7 Å². The van der Waals surface area contributed by atoms with Gasteiger partial charge in [-0.15, -0.1) is 0 Å². The van der Waals surface area contributed by atoms with Gasteiger partial charge in [-0.25, -0.2) is 0 Å². The number of nitro groups is 1. The van der Waals surface area contributed by atoms with E-state index in [9.17, 15) is 24.5 Å². The molecule has 1 N–H and O–H groups in total. The van der Waals surface area contributed by atoms with Crippen LogP contribution in [-0.2, 0) is 4.79 Å². The van der Waals surface area contributed by atoms with E-state index in [0.717, 1.165) is 48.9 Å². The number of nitrogens with one attached hydrogen (secondary N) is 1. The van der Waals surface area contributed by atoms with E-state index in [1.807, 2.05) is 19.1 Å². The molecule has 3 amide bonds. The number of benzene rings is 2. The van der Waals surface area contributed by atoms with E-state index in [4.69, 9.17) is 0 Å². The Morgan fingerprint density at radius 1 is 1.09 bits per heavy atom. The zero-order chi connectivity index (χ0) is 23.7. The number of hydrogen-bond acceptors (Lipinski definition) is 7. The molecule has 10 heteroatoms. The quantitative estimate of drug-likeness (QED) is 0.407. The first-order valence-electron chi connectivity index (χ1n) is 10.8. The van der Waals surface area contributed by atoms with E-state index < -0.39 is 34.9 Å². The van der Waals surface area contributed by atoms with Gasteiger partial charge in [-0.3, -0.25) is 29.4 Å². The number of likely N-dealkylation sites (N-methyl/N-ethyl adjacent to an activating group) is 1. The fourth-order valence-electron chi connectivity index (χ4n) is 4.35. The molecule has 2 heterocycles. The molecular formula is C23H25N5O5. The average Bonchev–Trinajstić information content (AvgIpc) is 3.04. The minimum Gasteiger partial charge on any atom is -0.369 e. The Morgan fingerprint density at radius 2 is 1.82 bits per heavy atom. The van der Waals surface area contributed by atoms with Crippen LogP contribution in [0.15, 0.2) is 36.4 Å². The summed E-state index contributed by atoms with van der Waals surface area (Å²) in [5.41, 5.74) is 1.88. The molecule has 0 unspecified atom stereocenters. The number of nitro benzene ring substituents is 1. The largest absolute Gasteiger partial charge is 0.369 e. The maximum atomic E-state index is 12.7. The number of carbonyl (C=O) groups is 3. The van der Waals surface area contributed by atoms with Gasteiger partial charge in [0.15, 0.2) is 0 Å². The summed E-state index contributed by atoms with van der Waals surface area (Å²) in [5.74, 6) is -2.11. The molecule has 0 aromatic heterocycles. The zero-order valence-corrected chi connectivity index (χ0v) is 18.5. The number of nitrogens with zero attached hydrogens (tertiary/aromatic N) is 4. The summed E-state index contributed by atoms with van der Waals surface area (Å²) < 4.78 is 0. The lowest BCUT2D eigenvalue weighted by atomic mass is 10.1. The summed E-state index contributed by atoms with van der Waals surface area (Å²) in [5, 5.41) is 13.9. The Hall–Kier alpha value is -3.79. The van der Waals surface area contributed by atoms with Gasteiger partial charge in [0.05, 0.1) is 10.5 Å². The predicted molar refractivity (Wildman–Crippen MR) is 123 cm³/mol. The fraction of sp³-hybridized carbons (Fsp3) is 0.348. The molecule has 0 saturated carbocycles. The fourth-order valence-corrected chi connectivity index (χ4v) is 4.35. The molecule has 33 heavy (non-hydrogen) atoms. The summed E-state index contributed by atoms with van der Waals surface area (Å²) in [7, 11) is 0. The van der Waals surface area contributed by atoms with E-state index >= 15 is 0 Å². The SMILES string of the molecule is CCN1CCN(c2ccc(NC(=O)CN3C(=O)c4cccc([N+](=O)[O-])c4C3=O)cc2C)CC1. The first-order chi connectivity index (χ1) is 15.8. The highest BCUT2D eigenvalue weighted by Crippen LogP contribution is 2.31. The molecule has 2 aromatic rings. The minimum atomic E-state index is -0.838. The number of aryl methyl sites for hydroxylation is 1. The predicted octanol–water partition coefficient (Wildman–Crippen LogP) is 2.28. The highest BCUT2D eigenvalue weighted by Gasteiger charge is 2.41. The number of amides is 3. The normalized spacial score (nSPS) is 16.2. The Labute approximate surface area is 190 Å². The molecule has 1 fully saturated rings. The van der Waals surface area contributed by atoms with Crippen molar-refractivity contribution in [1.82, 2.24) is 9.80 Å². The van der Waals surface area contributed by atoms with Gasteiger partial charge in [0, 0.05) is 43.6 Å². The number of fused-ring (bicyclic) bond motifs is 1. The van der Waals surface area contributed by atoms with Crippen LogP contribution < -0.4 is 10.2 Å². The first-order valence-corrected chi connectivity index (χ1v) is 10.8. The maximum absolute atomic E-state index is 12.7. The van der Waals surface area contributed by atoms with Gasteiger partial charge in [0.25, 0.3) is 17.5 Å². The number of rotatable bonds is 6. The lowest BCUT2D eigenvalue weighted by Crippen LogP contribution is -2.46. The highest BCUT2D eigenvalue weighted by atomic mass is 16.6. The molecular weight excluding hydrogens is 426 g/mol. The van der Waals surface area contributed by atoms with Gasteiger partial charge in [-0.1, -0.05) is 13.0 Å². The van der Waals surface area contributed by atoms with E-state index in [-0.39, 0.29) is 11.1 Å². The molecule has 1 saturated heterocycles. The van der Waals surface area contributed by atoms with Crippen LogP contribution in [0.5, 0.6) is 0 Å². The Kier molecular flexibility index (Phi) is 6.10. The smallest absolute Gasteiger partial charge is 0.282 e. The summed E-state index contributed by atoms with van der Waals surface area (Å²) in [4.78, 5) is 53.8. The zero-order valence-electron chi connectivity index (χ0n) is 18.5. The lowest BCUT2D eigenvalue weighted by molar-refractivity contribution is -0.385. The van der Waals surface area contributed by atoms with Gasteiger partial charge in [0.2, 0.25) is 5.91 Å². The minimum absolute atomic E-state index is 0.0645. The molecule has 2 aliphatic heterocycles. The van der Waals surface area contributed by atoms with Crippen LogP contribution >= 0.6 is 0 Å². The van der Waals surface area contributed by atoms with Crippen molar-refractivity contribution >= 4 is 34.8 Å².